The van der Waals surface area contributed by atoms with Crippen molar-refractivity contribution in [2.24, 2.45) is 0 Å². The Hall–Kier alpha value is -1.10. The third kappa shape index (κ3) is 2.68. The van der Waals surface area contributed by atoms with Crippen LogP contribution in [0.15, 0.2) is 12.4 Å². The molecule has 2 rings (SSSR count). The summed E-state index contributed by atoms with van der Waals surface area (Å²) >= 11 is 1.97. The van der Waals surface area contributed by atoms with Crippen LogP contribution in [-0.4, -0.2) is 40.8 Å². The molecule has 0 N–H and O–H groups in total. The van der Waals surface area contributed by atoms with Crippen LogP contribution >= 0.6 is 11.8 Å². The molecule has 0 radical (unpaired) electrons. The van der Waals surface area contributed by atoms with Gasteiger partial charge in [-0.25, -0.2) is 9.97 Å². The van der Waals surface area contributed by atoms with Gasteiger partial charge < -0.3 is 4.90 Å². The quantitative estimate of drug-likeness (QED) is 0.706. The van der Waals surface area contributed by atoms with Gasteiger partial charge in [0.15, 0.2) is 6.29 Å². The zero-order valence-corrected chi connectivity index (χ0v) is 9.24. The number of rotatable bonds is 2. The Kier molecular flexibility index (Phi) is 3.55. The molecule has 4 nitrogen and oxygen atoms in total. The third-order valence-electron chi connectivity index (χ3n) is 2.30. The molecular weight excluding hydrogens is 210 g/mol. The molecule has 1 saturated heterocycles. The Morgan fingerprint density at radius 2 is 2.07 bits per heavy atom. The van der Waals surface area contributed by atoms with E-state index in [2.05, 4.69) is 14.9 Å². The highest BCUT2D eigenvalue weighted by molar-refractivity contribution is 7.99. The minimum absolute atomic E-state index is 0.531. The van der Waals surface area contributed by atoms with Crippen LogP contribution in [0.25, 0.3) is 0 Å². The smallest absolute Gasteiger partial charge is 0.225 e. The number of anilines is 1. The molecule has 0 unspecified atom stereocenters. The summed E-state index contributed by atoms with van der Waals surface area (Å²) in [6, 6.07) is 0. The van der Waals surface area contributed by atoms with Crippen LogP contribution in [0.2, 0.25) is 0 Å². The average molecular weight is 223 g/mol. The highest BCUT2D eigenvalue weighted by atomic mass is 32.2. The molecule has 0 amide bonds. The molecule has 0 saturated carbocycles. The topological polar surface area (TPSA) is 46.1 Å². The minimum Gasteiger partial charge on any atom is -0.340 e. The summed E-state index contributed by atoms with van der Waals surface area (Å²) in [5.41, 5.74) is 0.531. The number of hydrogen-bond acceptors (Lipinski definition) is 5. The number of aromatic nitrogens is 2. The molecule has 0 aliphatic carbocycles. The van der Waals surface area contributed by atoms with Crippen LogP contribution in [0.3, 0.4) is 0 Å². The number of nitrogens with zero attached hydrogens (tertiary/aromatic N) is 3. The summed E-state index contributed by atoms with van der Waals surface area (Å²) in [6.45, 7) is 2.00. The molecule has 5 heteroatoms. The predicted molar refractivity (Wildman–Crippen MR) is 61.6 cm³/mol. The second-order valence-corrected chi connectivity index (χ2v) is 4.61. The number of thioether (sulfide) groups is 1. The summed E-state index contributed by atoms with van der Waals surface area (Å²) in [5, 5.41) is 0. The van der Waals surface area contributed by atoms with Gasteiger partial charge >= 0.3 is 0 Å². The molecule has 1 aliphatic heterocycles. The van der Waals surface area contributed by atoms with Crippen molar-refractivity contribution in [1.82, 2.24) is 9.97 Å². The fourth-order valence-corrected chi connectivity index (χ4v) is 2.39. The maximum atomic E-state index is 10.5. The van der Waals surface area contributed by atoms with E-state index in [-0.39, 0.29) is 0 Å². The maximum Gasteiger partial charge on any atom is 0.225 e. The minimum atomic E-state index is 0.531. The Morgan fingerprint density at radius 1 is 1.27 bits per heavy atom. The van der Waals surface area contributed by atoms with Gasteiger partial charge in [-0.05, 0) is 12.2 Å². The van der Waals surface area contributed by atoms with Crippen LogP contribution in [0, 0.1) is 0 Å². The monoisotopic (exact) mass is 223 g/mol. The second kappa shape index (κ2) is 5.11. The molecule has 80 valence electrons. The summed E-state index contributed by atoms with van der Waals surface area (Å²) in [6.07, 6.45) is 5.09. The highest BCUT2D eigenvalue weighted by Gasteiger charge is 2.11. The number of carbonyl (C=O) groups is 1. The molecule has 1 aromatic heterocycles. The summed E-state index contributed by atoms with van der Waals surface area (Å²) in [4.78, 5) is 21.0. The van der Waals surface area contributed by atoms with E-state index in [1.165, 1.54) is 12.2 Å². The lowest BCUT2D eigenvalue weighted by atomic mass is 10.4. The van der Waals surface area contributed by atoms with Crippen molar-refractivity contribution in [3.8, 4) is 0 Å². The fraction of sp³-hybridized carbons (Fsp3) is 0.500. The summed E-state index contributed by atoms with van der Waals surface area (Å²) in [5.74, 6) is 3.07. The first-order valence-electron chi connectivity index (χ1n) is 5.00. The normalized spacial score (nSPS) is 17.2. The Balaban J connectivity index is 2.09. The van der Waals surface area contributed by atoms with Crippen LogP contribution in [0.5, 0.6) is 0 Å². The Bertz CT molecular complexity index is 320. The van der Waals surface area contributed by atoms with E-state index in [1.807, 2.05) is 11.8 Å². The molecule has 0 atom stereocenters. The number of aldehydes is 1. The first-order valence-corrected chi connectivity index (χ1v) is 6.15. The van der Waals surface area contributed by atoms with E-state index >= 15 is 0 Å². The van der Waals surface area contributed by atoms with Gasteiger partial charge in [0, 0.05) is 31.2 Å². The van der Waals surface area contributed by atoms with Gasteiger partial charge in [0.1, 0.15) is 0 Å². The van der Waals surface area contributed by atoms with Crippen molar-refractivity contribution in [1.29, 1.82) is 0 Å². The molecular formula is C10H13N3OS. The van der Waals surface area contributed by atoms with E-state index in [4.69, 9.17) is 0 Å². The van der Waals surface area contributed by atoms with Crippen LogP contribution in [0.4, 0.5) is 5.95 Å². The standard InChI is InChI=1S/C10H13N3OS/c14-8-9-6-11-10(12-7-9)13-2-1-4-15-5-3-13/h6-8H,1-5H2. The molecule has 15 heavy (non-hydrogen) atoms. The molecule has 0 bridgehead atoms. The SMILES string of the molecule is O=Cc1cnc(N2CCCSCC2)nc1. The van der Waals surface area contributed by atoms with Gasteiger partial charge in [-0.2, -0.15) is 11.8 Å². The largest absolute Gasteiger partial charge is 0.340 e. The van der Waals surface area contributed by atoms with E-state index in [9.17, 15) is 4.79 Å². The van der Waals surface area contributed by atoms with Crippen molar-refractivity contribution < 1.29 is 4.79 Å². The van der Waals surface area contributed by atoms with Gasteiger partial charge in [0.25, 0.3) is 0 Å². The van der Waals surface area contributed by atoms with Crippen molar-refractivity contribution in [2.75, 3.05) is 29.5 Å². The highest BCUT2D eigenvalue weighted by Crippen LogP contribution is 2.14. The Morgan fingerprint density at radius 3 is 2.80 bits per heavy atom. The molecule has 1 aromatic rings. The molecule has 1 aliphatic rings. The first kappa shape index (κ1) is 10.4. The summed E-state index contributed by atoms with van der Waals surface area (Å²) in [7, 11) is 0. The van der Waals surface area contributed by atoms with Crippen LogP contribution in [-0.2, 0) is 0 Å². The Labute approximate surface area is 93.1 Å². The lowest BCUT2D eigenvalue weighted by Crippen LogP contribution is -2.27. The van der Waals surface area contributed by atoms with Gasteiger partial charge in [-0.3, -0.25) is 4.79 Å². The average Bonchev–Trinajstić information content (AvgIpc) is 2.58. The van der Waals surface area contributed by atoms with Gasteiger partial charge in [0.05, 0.1) is 5.56 Å². The first-order chi connectivity index (χ1) is 7.40. The number of carbonyl (C=O) groups excluding carboxylic acids is 1. The van der Waals surface area contributed by atoms with E-state index in [0.717, 1.165) is 31.1 Å². The zero-order valence-electron chi connectivity index (χ0n) is 8.43. The molecule has 0 spiro atoms. The maximum absolute atomic E-state index is 10.5. The van der Waals surface area contributed by atoms with Crippen molar-refractivity contribution in [3.05, 3.63) is 18.0 Å². The molecule has 0 aromatic carbocycles. The lowest BCUT2D eigenvalue weighted by Gasteiger charge is -2.19. The molecule has 1 fully saturated rings. The predicted octanol–water partition coefficient (Wildman–Crippen LogP) is 1.23. The number of hydrogen-bond donors (Lipinski definition) is 0. The fourth-order valence-electron chi connectivity index (χ4n) is 1.50. The lowest BCUT2D eigenvalue weighted by molar-refractivity contribution is 0.112. The third-order valence-corrected chi connectivity index (χ3v) is 3.35. The van der Waals surface area contributed by atoms with Crippen molar-refractivity contribution in [3.63, 3.8) is 0 Å². The van der Waals surface area contributed by atoms with E-state index in [1.54, 1.807) is 12.4 Å². The van der Waals surface area contributed by atoms with Crippen molar-refractivity contribution in [2.45, 2.75) is 6.42 Å². The van der Waals surface area contributed by atoms with Gasteiger partial charge in [-0.1, -0.05) is 0 Å². The molecule has 2 heterocycles. The van der Waals surface area contributed by atoms with E-state index < -0.39 is 0 Å². The van der Waals surface area contributed by atoms with Gasteiger partial charge in [0.2, 0.25) is 5.95 Å². The zero-order chi connectivity index (χ0) is 10.5. The summed E-state index contributed by atoms with van der Waals surface area (Å²) < 4.78 is 0. The van der Waals surface area contributed by atoms with E-state index in [0.29, 0.717) is 5.56 Å². The van der Waals surface area contributed by atoms with Crippen LogP contribution < -0.4 is 4.90 Å². The van der Waals surface area contributed by atoms with Gasteiger partial charge in [-0.15, -0.1) is 0 Å². The van der Waals surface area contributed by atoms with Crippen molar-refractivity contribution >= 4 is 24.0 Å². The van der Waals surface area contributed by atoms with Crippen LogP contribution in [0.1, 0.15) is 16.8 Å². The second-order valence-electron chi connectivity index (χ2n) is 3.39.